The fourth-order valence-corrected chi connectivity index (χ4v) is 4.15. The summed E-state index contributed by atoms with van der Waals surface area (Å²) in [6.45, 7) is 0. The maximum Gasteiger partial charge on any atom is 0.234 e. The van der Waals surface area contributed by atoms with Crippen LogP contribution in [0.2, 0.25) is 0 Å². The van der Waals surface area contributed by atoms with Gasteiger partial charge in [0, 0.05) is 11.8 Å². The van der Waals surface area contributed by atoms with E-state index in [-0.39, 0.29) is 5.91 Å². The van der Waals surface area contributed by atoms with Crippen LogP contribution < -0.4 is 14.8 Å². The minimum absolute atomic E-state index is 0.0745. The number of nitrogens with zero attached hydrogens (tertiary/aromatic N) is 1. The summed E-state index contributed by atoms with van der Waals surface area (Å²) in [4.78, 5) is 16.7. The number of fused-ring (bicyclic) bond motifs is 1. The van der Waals surface area contributed by atoms with Gasteiger partial charge in [0.05, 0.1) is 35.9 Å². The van der Waals surface area contributed by atoms with Crippen LogP contribution in [0.3, 0.4) is 0 Å². The molecule has 3 rings (SSSR count). The third-order valence-electron chi connectivity index (χ3n) is 3.48. The van der Waals surface area contributed by atoms with Gasteiger partial charge in [0.15, 0.2) is 0 Å². The lowest BCUT2D eigenvalue weighted by atomic mass is 10.2. The molecule has 0 saturated carbocycles. The quantitative estimate of drug-likeness (QED) is 0.672. The van der Waals surface area contributed by atoms with Crippen molar-refractivity contribution in [3.8, 4) is 11.5 Å². The standard InChI is InChI=1S/C18H18N2O3S2/c1-22-12-7-8-13(15(9-12)23-2)19-17(21)10-24-11-18-20-14-5-3-4-6-16(14)25-18/h3-9H,10-11H2,1-2H3,(H,19,21). The molecule has 1 heterocycles. The molecule has 2 aromatic carbocycles. The Kier molecular flexibility index (Phi) is 5.78. The van der Waals surface area contributed by atoms with Crippen LogP contribution in [0.4, 0.5) is 5.69 Å². The number of aromatic nitrogens is 1. The third-order valence-corrected chi connectivity index (χ3v) is 5.64. The van der Waals surface area contributed by atoms with Crippen molar-refractivity contribution in [2.24, 2.45) is 0 Å². The van der Waals surface area contributed by atoms with Gasteiger partial charge < -0.3 is 14.8 Å². The monoisotopic (exact) mass is 374 g/mol. The number of methoxy groups -OCH3 is 2. The first-order valence-electron chi connectivity index (χ1n) is 7.63. The molecule has 0 saturated heterocycles. The number of nitrogens with one attached hydrogen (secondary N) is 1. The highest BCUT2D eigenvalue weighted by molar-refractivity contribution is 7.99. The van der Waals surface area contributed by atoms with Crippen molar-refractivity contribution in [1.82, 2.24) is 4.98 Å². The molecule has 5 nitrogen and oxygen atoms in total. The average Bonchev–Trinajstić information content (AvgIpc) is 3.04. The molecule has 1 amide bonds. The first kappa shape index (κ1) is 17.6. The van der Waals surface area contributed by atoms with E-state index in [1.165, 1.54) is 4.70 Å². The topological polar surface area (TPSA) is 60.5 Å². The van der Waals surface area contributed by atoms with Gasteiger partial charge in [-0.05, 0) is 24.3 Å². The summed E-state index contributed by atoms with van der Waals surface area (Å²) in [6, 6.07) is 13.3. The first-order valence-corrected chi connectivity index (χ1v) is 9.61. The van der Waals surface area contributed by atoms with Crippen LogP contribution in [-0.4, -0.2) is 30.9 Å². The van der Waals surface area contributed by atoms with Crippen molar-refractivity contribution < 1.29 is 14.3 Å². The molecule has 7 heteroatoms. The second-order valence-corrected chi connectivity index (χ2v) is 7.28. The minimum Gasteiger partial charge on any atom is -0.497 e. The Balaban J connectivity index is 1.54. The highest BCUT2D eigenvalue weighted by Gasteiger charge is 2.10. The molecule has 25 heavy (non-hydrogen) atoms. The maximum atomic E-state index is 12.2. The zero-order chi connectivity index (χ0) is 17.6. The van der Waals surface area contributed by atoms with Gasteiger partial charge in [-0.15, -0.1) is 23.1 Å². The van der Waals surface area contributed by atoms with E-state index in [4.69, 9.17) is 9.47 Å². The summed E-state index contributed by atoms with van der Waals surface area (Å²) in [5.74, 6) is 2.25. The summed E-state index contributed by atoms with van der Waals surface area (Å²) in [6.07, 6.45) is 0. The van der Waals surface area contributed by atoms with Gasteiger partial charge in [0.25, 0.3) is 0 Å². The van der Waals surface area contributed by atoms with Gasteiger partial charge in [-0.2, -0.15) is 0 Å². The summed E-state index contributed by atoms with van der Waals surface area (Å²) >= 11 is 3.21. The smallest absolute Gasteiger partial charge is 0.234 e. The second-order valence-electron chi connectivity index (χ2n) is 5.18. The van der Waals surface area contributed by atoms with Gasteiger partial charge in [0.2, 0.25) is 5.91 Å². The molecular formula is C18H18N2O3S2. The number of amides is 1. The normalized spacial score (nSPS) is 10.6. The summed E-state index contributed by atoms with van der Waals surface area (Å²) in [5.41, 5.74) is 1.64. The van der Waals surface area contributed by atoms with Gasteiger partial charge >= 0.3 is 0 Å². The second kappa shape index (κ2) is 8.22. The third kappa shape index (κ3) is 4.43. The molecule has 0 fully saturated rings. The number of anilines is 1. The number of ether oxygens (including phenoxy) is 2. The molecule has 0 atom stereocenters. The fraction of sp³-hybridized carbons (Fsp3) is 0.222. The fourth-order valence-electron chi connectivity index (χ4n) is 2.30. The molecular weight excluding hydrogens is 356 g/mol. The molecule has 0 radical (unpaired) electrons. The van der Waals surface area contributed by atoms with E-state index in [1.54, 1.807) is 55.5 Å². The Hall–Kier alpha value is -2.25. The van der Waals surface area contributed by atoms with Gasteiger partial charge in [0.1, 0.15) is 16.5 Å². The predicted molar refractivity (Wildman–Crippen MR) is 104 cm³/mol. The Morgan fingerprint density at radius 3 is 2.80 bits per heavy atom. The van der Waals surface area contributed by atoms with E-state index in [9.17, 15) is 4.79 Å². The number of benzene rings is 2. The van der Waals surface area contributed by atoms with Crippen molar-refractivity contribution >= 4 is 44.9 Å². The van der Waals surface area contributed by atoms with Crippen molar-refractivity contribution in [3.05, 3.63) is 47.5 Å². The van der Waals surface area contributed by atoms with Crippen molar-refractivity contribution in [3.63, 3.8) is 0 Å². The number of hydrogen-bond donors (Lipinski definition) is 1. The Labute approximate surface area is 154 Å². The molecule has 0 aliphatic carbocycles. The summed E-state index contributed by atoms with van der Waals surface area (Å²) in [7, 11) is 3.15. The van der Waals surface area contributed by atoms with Crippen LogP contribution in [0.15, 0.2) is 42.5 Å². The number of carbonyl (C=O) groups excluding carboxylic acids is 1. The van der Waals surface area contributed by atoms with E-state index in [0.717, 1.165) is 10.5 Å². The number of thiazole rings is 1. The van der Waals surface area contributed by atoms with Gasteiger partial charge in [-0.3, -0.25) is 4.79 Å². The lowest BCUT2D eigenvalue weighted by Gasteiger charge is -2.11. The van der Waals surface area contributed by atoms with Crippen LogP contribution in [-0.2, 0) is 10.5 Å². The van der Waals surface area contributed by atoms with Crippen LogP contribution in [0.25, 0.3) is 10.2 Å². The maximum absolute atomic E-state index is 12.2. The molecule has 0 bridgehead atoms. The number of rotatable bonds is 7. The van der Waals surface area contributed by atoms with Crippen molar-refractivity contribution in [2.45, 2.75) is 5.75 Å². The molecule has 1 aromatic heterocycles. The van der Waals surface area contributed by atoms with Crippen molar-refractivity contribution in [1.29, 1.82) is 0 Å². The molecule has 0 spiro atoms. The molecule has 0 aliphatic heterocycles. The number of carbonyl (C=O) groups is 1. The van der Waals surface area contributed by atoms with Crippen LogP contribution in [0.5, 0.6) is 11.5 Å². The number of hydrogen-bond acceptors (Lipinski definition) is 6. The number of thioether (sulfide) groups is 1. The first-order chi connectivity index (χ1) is 12.2. The van der Waals surface area contributed by atoms with Gasteiger partial charge in [-0.1, -0.05) is 12.1 Å². The van der Waals surface area contributed by atoms with E-state index in [2.05, 4.69) is 16.4 Å². The molecule has 0 unspecified atom stereocenters. The van der Waals surface area contributed by atoms with Crippen molar-refractivity contribution in [2.75, 3.05) is 25.3 Å². The lowest BCUT2D eigenvalue weighted by Crippen LogP contribution is -2.14. The highest BCUT2D eigenvalue weighted by atomic mass is 32.2. The Bertz CT molecular complexity index is 847. The van der Waals surface area contributed by atoms with E-state index in [0.29, 0.717) is 28.7 Å². The predicted octanol–water partition coefficient (Wildman–Crippen LogP) is 4.19. The van der Waals surface area contributed by atoms with Crippen LogP contribution in [0.1, 0.15) is 5.01 Å². The molecule has 1 N–H and O–H groups in total. The SMILES string of the molecule is COc1ccc(NC(=O)CSCc2nc3ccccc3s2)c(OC)c1. The van der Waals surface area contributed by atoms with E-state index >= 15 is 0 Å². The summed E-state index contributed by atoms with van der Waals surface area (Å²) < 4.78 is 11.6. The zero-order valence-corrected chi connectivity index (χ0v) is 15.6. The number of para-hydroxylation sites is 1. The zero-order valence-electron chi connectivity index (χ0n) is 13.9. The Morgan fingerprint density at radius 1 is 1.20 bits per heavy atom. The molecule has 130 valence electrons. The van der Waals surface area contributed by atoms with E-state index < -0.39 is 0 Å². The molecule has 0 aliphatic rings. The molecule has 3 aromatic rings. The average molecular weight is 374 g/mol. The van der Waals surface area contributed by atoms with Crippen LogP contribution in [0, 0.1) is 0 Å². The Morgan fingerprint density at radius 2 is 2.04 bits per heavy atom. The largest absolute Gasteiger partial charge is 0.497 e. The van der Waals surface area contributed by atoms with E-state index in [1.807, 2.05) is 18.2 Å². The summed E-state index contributed by atoms with van der Waals surface area (Å²) in [5, 5.41) is 3.90. The minimum atomic E-state index is -0.0745. The highest BCUT2D eigenvalue weighted by Crippen LogP contribution is 2.29. The van der Waals surface area contributed by atoms with Gasteiger partial charge in [-0.25, -0.2) is 4.98 Å². The van der Waals surface area contributed by atoms with Crippen LogP contribution >= 0.6 is 23.1 Å². The lowest BCUT2D eigenvalue weighted by molar-refractivity contribution is -0.113.